The van der Waals surface area contributed by atoms with Crippen LogP contribution in [-0.4, -0.2) is 12.1 Å². The van der Waals surface area contributed by atoms with E-state index in [2.05, 4.69) is 20.8 Å². The van der Waals surface area contributed by atoms with Crippen LogP contribution >= 0.6 is 0 Å². The van der Waals surface area contributed by atoms with Gasteiger partial charge in [0.2, 0.25) is 0 Å². The smallest absolute Gasteiger partial charge is 0.136 e. The van der Waals surface area contributed by atoms with E-state index < -0.39 is 0 Å². The molecule has 0 radical (unpaired) electrons. The fourth-order valence-corrected chi connectivity index (χ4v) is 3.61. The van der Waals surface area contributed by atoms with Gasteiger partial charge in [0.05, 0.1) is 0 Å². The largest absolute Gasteiger partial charge is 0.303 e. The molecule has 0 amide bonds. The lowest BCUT2D eigenvalue weighted by Gasteiger charge is -2.14. The Labute approximate surface area is 163 Å². The van der Waals surface area contributed by atoms with Crippen molar-refractivity contribution >= 4 is 12.1 Å². The number of Topliss-reactive ketones (excluding diaryl/α,β-unsaturated/α-hetero) is 1. The number of aldehydes is 1. The van der Waals surface area contributed by atoms with E-state index in [1.54, 1.807) is 0 Å². The van der Waals surface area contributed by atoms with Gasteiger partial charge in [-0.1, -0.05) is 111 Å². The van der Waals surface area contributed by atoms with Gasteiger partial charge >= 0.3 is 0 Å². The Morgan fingerprint density at radius 2 is 1.12 bits per heavy atom. The maximum Gasteiger partial charge on any atom is 0.136 e. The highest BCUT2D eigenvalue weighted by Crippen LogP contribution is 2.19. The molecule has 0 aliphatic carbocycles. The molecule has 0 N–H and O–H groups in total. The lowest BCUT2D eigenvalue weighted by Crippen LogP contribution is -2.17. The fourth-order valence-electron chi connectivity index (χ4n) is 3.61. The average molecular weight is 367 g/mol. The second kappa shape index (κ2) is 19.1. The van der Waals surface area contributed by atoms with Crippen LogP contribution in [-0.2, 0) is 9.59 Å². The molecular formula is C24H46O2. The molecule has 0 saturated heterocycles. The highest BCUT2D eigenvalue weighted by molar-refractivity contribution is 5.83. The summed E-state index contributed by atoms with van der Waals surface area (Å²) >= 11 is 0. The molecule has 2 nitrogen and oxygen atoms in total. The van der Waals surface area contributed by atoms with Crippen molar-refractivity contribution in [1.82, 2.24) is 0 Å². The number of rotatable bonds is 20. The van der Waals surface area contributed by atoms with Crippen molar-refractivity contribution in [2.75, 3.05) is 0 Å². The molecule has 0 spiro atoms. The number of hydrogen-bond donors (Lipinski definition) is 0. The molecule has 2 unspecified atom stereocenters. The van der Waals surface area contributed by atoms with Gasteiger partial charge in [0, 0.05) is 18.3 Å². The van der Waals surface area contributed by atoms with Crippen LogP contribution in [0, 0.1) is 11.8 Å². The molecule has 0 fully saturated rings. The van der Waals surface area contributed by atoms with E-state index in [9.17, 15) is 9.59 Å². The van der Waals surface area contributed by atoms with Crippen molar-refractivity contribution in [2.45, 2.75) is 130 Å². The SMILES string of the molecule is CCCCCCCCCC(C=O)CC(=O)C(C)CCCCCCCCC. The molecule has 0 aliphatic heterocycles. The average Bonchev–Trinajstić information content (AvgIpc) is 2.65. The van der Waals surface area contributed by atoms with E-state index in [4.69, 9.17) is 0 Å². The van der Waals surface area contributed by atoms with E-state index in [1.165, 1.54) is 77.0 Å². The van der Waals surface area contributed by atoms with Gasteiger partial charge in [-0.05, 0) is 12.8 Å². The minimum absolute atomic E-state index is 0.0466. The Hall–Kier alpha value is -0.660. The van der Waals surface area contributed by atoms with Crippen LogP contribution in [0.4, 0.5) is 0 Å². The summed E-state index contributed by atoms with van der Waals surface area (Å²) in [6, 6.07) is 0. The predicted molar refractivity (Wildman–Crippen MR) is 114 cm³/mol. The third-order valence-corrected chi connectivity index (χ3v) is 5.62. The molecule has 154 valence electrons. The van der Waals surface area contributed by atoms with Crippen molar-refractivity contribution in [1.29, 1.82) is 0 Å². The first-order valence-corrected chi connectivity index (χ1v) is 11.6. The van der Waals surface area contributed by atoms with Crippen molar-refractivity contribution in [3.05, 3.63) is 0 Å². The summed E-state index contributed by atoms with van der Waals surface area (Å²) < 4.78 is 0. The summed E-state index contributed by atoms with van der Waals surface area (Å²) in [5, 5.41) is 0. The highest BCUT2D eigenvalue weighted by Gasteiger charge is 2.18. The molecule has 0 bridgehead atoms. The zero-order chi connectivity index (χ0) is 19.5. The zero-order valence-corrected chi connectivity index (χ0v) is 18.1. The van der Waals surface area contributed by atoms with E-state index in [0.717, 1.165) is 32.0 Å². The summed E-state index contributed by atoms with van der Waals surface area (Å²) in [7, 11) is 0. The van der Waals surface area contributed by atoms with Crippen LogP contribution in [0.15, 0.2) is 0 Å². The van der Waals surface area contributed by atoms with Gasteiger partial charge in [-0.25, -0.2) is 0 Å². The topological polar surface area (TPSA) is 34.1 Å². The second-order valence-corrected chi connectivity index (χ2v) is 8.29. The van der Waals surface area contributed by atoms with Gasteiger partial charge in [-0.2, -0.15) is 0 Å². The van der Waals surface area contributed by atoms with E-state index in [-0.39, 0.29) is 11.8 Å². The third-order valence-electron chi connectivity index (χ3n) is 5.62. The van der Waals surface area contributed by atoms with Gasteiger partial charge in [0.15, 0.2) is 0 Å². The zero-order valence-electron chi connectivity index (χ0n) is 18.1. The molecule has 0 aliphatic rings. The molecule has 0 rings (SSSR count). The fraction of sp³-hybridized carbons (Fsp3) is 0.917. The lowest BCUT2D eigenvalue weighted by atomic mass is 9.89. The Bertz CT molecular complexity index is 324. The summed E-state index contributed by atoms with van der Waals surface area (Å²) in [6.07, 6.45) is 21.3. The molecule has 0 heterocycles. The Morgan fingerprint density at radius 3 is 1.58 bits per heavy atom. The van der Waals surface area contributed by atoms with Crippen molar-refractivity contribution < 1.29 is 9.59 Å². The summed E-state index contributed by atoms with van der Waals surface area (Å²) in [4.78, 5) is 23.7. The Balaban J connectivity index is 3.72. The van der Waals surface area contributed by atoms with Gasteiger partial charge < -0.3 is 4.79 Å². The van der Waals surface area contributed by atoms with Gasteiger partial charge in [0.1, 0.15) is 12.1 Å². The maximum absolute atomic E-state index is 12.4. The first kappa shape index (κ1) is 25.3. The molecular weight excluding hydrogens is 320 g/mol. The third kappa shape index (κ3) is 15.6. The number of carbonyl (C=O) groups is 2. The lowest BCUT2D eigenvalue weighted by molar-refractivity contribution is -0.125. The summed E-state index contributed by atoms with van der Waals surface area (Å²) in [6.45, 7) is 6.53. The Morgan fingerprint density at radius 1 is 0.692 bits per heavy atom. The summed E-state index contributed by atoms with van der Waals surface area (Å²) in [5.41, 5.74) is 0. The van der Waals surface area contributed by atoms with Crippen LogP contribution in [0.5, 0.6) is 0 Å². The molecule has 0 saturated carbocycles. The summed E-state index contributed by atoms with van der Waals surface area (Å²) in [5.74, 6) is 0.382. The van der Waals surface area contributed by atoms with Crippen LogP contribution in [0.2, 0.25) is 0 Å². The first-order valence-electron chi connectivity index (χ1n) is 11.6. The predicted octanol–water partition coefficient (Wildman–Crippen LogP) is 7.68. The molecule has 0 aromatic rings. The molecule has 0 aromatic carbocycles. The van der Waals surface area contributed by atoms with E-state index in [0.29, 0.717) is 12.2 Å². The monoisotopic (exact) mass is 366 g/mol. The molecule has 0 aromatic heterocycles. The second-order valence-electron chi connectivity index (χ2n) is 8.29. The van der Waals surface area contributed by atoms with Crippen molar-refractivity contribution in [3.63, 3.8) is 0 Å². The van der Waals surface area contributed by atoms with Crippen LogP contribution in [0.3, 0.4) is 0 Å². The molecule has 2 heteroatoms. The van der Waals surface area contributed by atoms with E-state index in [1.807, 2.05) is 0 Å². The van der Waals surface area contributed by atoms with Crippen molar-refractivity contribution in [2.24, 2.45) is 11.8 Å². The van der Waals surface area contributed by atoms with Crippen LogP contribution in [0.1, 0.15) is 130 Å². The van der Waals surface area contributed by atoms with Gasteiger partial charge in [-0.3, -0.25) is 4.79 Å². The minimum Gasteiger partial charge on any atom is -0.303 e. The quantitative estimate of drug-likeness (QED) is 0.163. The van der Waals surface area contributed by atoms with E-state index >= 15 is 0 Å². The highest BCUT2D eigenvalue weighted by atomic mass is 16.1. The van der Waals surface area contributed by atoms with Crippen LogP contribution < -0.4 is 0 Å². The van der Waals surface area contributed by atoms with Crippen LogP contribution in [0.25, 0.3) is 0 Å². The number of unbranched alkanes of at least 4 members (excludes halogenated alkanes) is 12. The molecule has 26 heavy (non-hydrogen) atoms. The normalized spacial score (nSPS) is 13.5. The number of carbonyl (C=O) groups excluding carboxylic acids is 2. The van der Waals surface area contributed by atoms with Gasteiger partial charge in [0.25, 0.3) is 0 Å². The Kier molecular flexibility index (Phi) is 18.6. The van der Waals surface area contributed by atoms with Crippen molar-refractivity contribution in [3.8, 4) is 0 Å². The number of ketones is 1. The first-order chi connectivity index (χ1) is 12.7. The number of hydrogen-bond acceptors (Lipinski definition) is 2. The standard InChI is InChI=1S/C24H46O2/c1-4-6-8-10-12-14-16-18-22(3)24(26)20-23(21-25)19-17-15-13-11-9-7-5-2/h21-23H,4-20H2,1-3H3. The molecule has 2 atom stereocenters. The minimum atomic E-state index is -0.0466. The van der Waals surface area contributed by atoms with Gasteiger partial charge in [-0.15, -0.1) is 0 Å². The maximum atomic E-state index is 12.4.